The molecule has 0 aromatic heterocycles. The van der Waals surface area contributed by atoms with Gasteiger partial charge in [0.15, 0.2) is 0 Å². The molecule has 0 saturated heterocycles. The van der Waals surface area contributed by atoms with Crippen molar-refractivity contribution in [2.24, 2.45) is 0 Å². The van der Waals surface area contributed by atoms with E-state index >= 15 is 0 Å². The van der Waals surface area contributed by atoms with Crippen LogP contribution in [-0.2, 0) is 9.47 Å². The van der Waals surface area contributed by atoms with Gasteiger partial charge in [-0.25, -0.2) is 0 Å². The van der Waals surface area contributed by atoms with E-state index in [0.717, 1.165) is 19.4 Å². The van der Waals surface area contributed by atoms with Gasteiger partial charge in [0.05, 0.1) is 6.61 Å². The molecule has 0 unspecified atom stereocenters. The van der Waals surface area contributed by atoms with Gasteiger partial charge < -0.3 is 33.4 Å². The van der Waals surface area contributed by atoms with E-state index in [1.54, 1.807) is 7.11 Å². The van der Waals surface area contributed by atoms with Crippen molar-refractivity contribution in [2.45, 2.75) is 12.8 Å². The van der Waals surface area contributed by atoms with Crippen molar-refractivity contribution in [2.75, 3.05) is 20.5 Å². The molecule has 0 amide bonds. The average Bonchev–Trinajstić information content (AvgIpc) is 1.97. The molecule has 0 fully saturated rings. The van der Waals surface area contributed by atoms with Gasteiger partial charge in [-0.1, -0.05) is 6.08 Å². The van der Waals surface area contributed by atoms with E-state index in [2.05, 4.69) is 17.7 Å². The first-order chi connectivity index (χ1) is 4.91. The number of methoxy groups -OCH3 is 1. The average molecular weight is 247 g/mol. The van der Waals surface area contributed by atoms with Crippen molar-refractivity contribution in [3.8, 4) is 0 Å². The summed E-state index contributed by atoms with van der Waals surface area (Å²) in [5.41, 5.74) is 0. The number of ether oxygens (including phenoxy) is 2. The van der Waals surface area contributed by atoms with E-state index in [1.807, 2.05) is 6.08 Å². The molecular weight excluding hydrogens is 232 g/mol. The van der Waals surface area contributed by atoms with E-state index < -0.39 is 0 Å². The summed E-state index contributed by atoms with van der Waals surface area (Å²) >= 11 is 0. The maximum Gasteiger partial charge on any atom is 2.00 e. The van der Waals surface area contributed by atoms with Crippen LogP contribution in [0.3, 0.4) is 0 Å². The van der Waals surface area contributed by atoms with Crippen molar-refractivity contribution in [1.29, 1.82) is 0 Å². The van der Waals surface area contributed by atoms with Gasteiger partial charge >= 0.3 is 23.1 Å². The summed E-state index contributed by atoms with van der Waals surface area (Å²) in [4.78, 5) is 0. The Labute approximate surface area is 102 Å². The monoisotopic (exact) mass is 246 g/mol. The predicted octanol–water partition coefficient (Wildman–Crippen LogP) is -1.60. The topological polar surface area (TPSA) is 18.5 Å². The molecule has 0 bridgehead atoms. The van der Waals surface area contributed by atoms with E-state index in [4.69, 9.17) is 4.74 Å². The summed E-state index contributed by atoms with van der Waals surface area (Å²) in [5.74, 6) is 0. The molecule has 0 rings (SSSR count). The Balaban J connectivity index is -0.000000405. The fraction of sp³-hybridized carbons (Fsp3) is 0.625. The Morgan fingerprint density at radius 3 is 2.50 bits per heavy atom. The molecule has 0 heterocycles. The third kappa shape index (κ3) is 17.1. The third-order valence-corrected chi connectivity index (χ3v) is 0.963. The second kappa shape index (κ2) is 17.9. The van der Waals surface area contributed by atoms with Crippen LogP contribution < -0.4 is 17.0 Å². The van der Waals surface area contributed by atoms with E-state index in [0.29, 0.717) is 6.79 Å². The summed E-state index contributed by atoms with van der Waals surface area (Å²) in [7, 11) is 1.62. The summed E-state index contributed by atoms with van der Waals surface area (Å²) in [6.07, 6.45) is 5.88. The summed E-state index contributed by atoms with van der Waals surface area (Å²) < 4.78 is 9.73. The fourth-order valence-electron chi connectivity index (χ4n) is 0.529. The molecule has 0 aliphatic carbocycles. The van der Waals surface area contributed by atoms with E-state index in [-0.39, 0.29) is 40.0 Å². The Morgan fingerprint density at radius 1 is 1.33 bits per heavy atom. The van der Waals surface area contributed by atoms with Crippen LogP contribution in [-0.4, -0.2) is 43.6 Å². The van der Waals surface area contributed by atoms with Crippen molar-refractivity contribution < 1.29 is 26.5 Å². The zero-order valence-electron chi connectivity index (χ0n) is 7.59. The van der Waals surface area contributed by atoms with E-state index in [1.165, 1.54) is 0 Å². The standard InChI is InChI=1S/C8H15O2.BrH.Mg/c1-3-4-5-6-7-10-8-9-2;;/h4-5H,1,3,6-8H2,2H3;1H;/q-1;;+2/p-1/b5-4-;;. The van der Waals surface area contributed by atoms with Gasteiger partial charge in [0, 0.05) is 7.11 Å². The zero-order chi connectivity index (χ0) is 7.66. The van der Waals surface area contributed by atoms with E-state index in [9.17, 15) is 0 Å². The first-order valence-corrected chi connectivity index (χ1v) is 3.42. The molecule has 0 aromatic carbocycles. The molecule has 0 aliphatic heterocycles. The van der Waals surface area contributed by atoms with Gasteiger partial charge in [-0.2, -0.15) is 6.42 Å². The van der Waals surface area contributed by atoms with Crippen LogP contribution in [0.2, 0.25) is 0 Å². The van der Waals surface area contributed by atoms with Crippen LogP contribution in [0.4, 0.5) is 0 Å². The Hall–Kier alpha value is 0.906. The van der Waals surface area contributed by atoms with Crippen LogP contribution in [0.25, 0.3) is 0 Å². The number of hydrogen-bond acceptors (Lipinski definition) is 2. The zero-order valence-corrected chi connectivity index (χ0v) is 10.6. The second-order valence-corrected chi connectivity index (χ2v) is 1.86. The van der Waals surface area contributed by atoms with Crippen LogP contribution in [0.5, 0.6) is 0 Å². The van der Waals surface area contributed by atoms with Gasteiger partial charge in [-0.05, 0) is 6.42 Å². The minimum Gasteiger partial charge on any atom is -1.00 e. The fourth-order valence-corrected chi connectivity index (χ4v) is 0.529. The molecule has 0 aliphatic rings. The molecule has 12 heavy (non-hydrogen) atoms. The van der Waals surface area contributed by atoms with Crippen molar-refractivity contribution in [3.63, 3.8) is 0 Å². The quantitative estimate of drug-likeness (QED) is 0.185. The van der Waals surface area contributed by atoms with Crippen molar-refractivity contribution >= 4 is 23.1 Å². The molecule has 0 saturated carbocycles. The van der Waals surface area contributed by atoms with Crippen molar-refractivity contribution in [1.82, 2.24) is 0 Å². The van der Waals surface area contributed by atoms with Crippen LogP contribution in [0.15, 0.2) is 12.2 Å². The molecular formula is C8H15BrMgO2. The van der Waals surface area contributed by atoms with Gasteiger partial charge in [0.2, 0.25) is 0 Å². The maximum absolute atomic E-state index is 5.04. The van der Waals surface area contributed by atoms with Gasteiger partial charge in [-0.3, -0.25) is 0 Å². The Morgan fingerprint density at radius 2 is 2.00 bits per heavy atom. The summed E-state index contributed by atoms with van der Waals surface area (Å²) in [6, 6.07) is 0. The SMILES string of the molecule is [Br-].[CH2-]C/C=C\CCOCOC.[Mg+2]. The first kappa shape index (κ1) is 18.6. The Kier molecular flexibility index (Phi) is 27.7. The number of hydrogen-bond donors (Lipinski definition) is 0. The molecule has 4 heteroatoms. The smallest absolute Gasteiger partial charge is 1.00 e. The second-order valence-electron chi connectivity index (χ2n) is 1.86. The predicted molar refractivity (Wildman–Crippen MR) is 47.3 cm³/mol. The molecule has 0 aromatic rings. The number of allylic oxidation sites excluding steroid dienone is 1. The minimum absolute atomic E-state index is 0. The minimum atomic E-state index is 0. The summed E-state index contributed by atoms with van der Waals surface area (Å²) in [5, 5.41) is 0. The summed E-state index contributed by atoms with van der Waals surface area (Å²) in [6.45, 7) is 4.78. The van der Waals surface area contributed by atoms with Crippen LogP contribution >= 0.6 is 0 Å². The normalized spacial score (nSPS) is 9.17. The van der Waals surface area contributed by atoms with Gasteiger partial charge in [0.1, 0.15) is 6.79 Å². The molecule has 0 spiro atoms. The Bertz CT molecular complexity index is 89.1. The van der Waals surface area contributed by atoms with Crippen LogP contribution in [0.1, 0.15) is 12.8 Å². The molecule has 0 atom stereocenters. The molecule has 2 nitrogen and oxygen atoms in total. The maximum atomic E-state index is 5.04. The molecule has 0 N–H and O–H groups in total. The molecule has 68 valence electrons. The number of rotatable bonds is 6. The largest absolute Gasteiger partial charge is 2.00 e. The third-order valence-electron chi connectivity index (χ3n) is 0.963. The van der Waals surface area contributed by atoms with Gasteiger partial charge in [0.25, 0.3) is 0 Å². The van der Waals surface area contributed by atoms with Crippen molar-refractivity contribution in [3.05, 3.63) is 19.1 Å². The number of halogens is 1. The first-order valence-electron chi connectivity index (χ1n) is 3.42. The van der Waals surface area contributed by atoms with Gasteiger partial charge in [-0.15, -0.1) is 6.08 Å². The van der Waals surface area contributed by atoms with Crippen LogP contribution in [0, 0.1) is 6.92 Å². The molecule has 0 radical (unpaired) electrons.